The molecule has 1 nitrogen and oxygen atoms in total. The Balaban J connectivity index is 2.22. The molecule has 0 aromatic carbocycles. The van der Waals surface area contributed by atoms with Crippen molar-refractivity contribution < 1.29 is 0 Å². The summed E-state index contributed by atoms with van der Waals surface area (Å²) in [5.41, 5.74) is 6.31. The van der Waals surface area contributed by atoms with Gasteiger partial charge in [-0.05, 0) is 44.4 Å². The van der Waals surface area contributed by atoms with Gasteiger partial charge in [-0.15, -0.1) is 0 Å². The van der Waals surface area contributed by atoms with Crippen LogP contribution < -0.4 is 5.73 Å². The smallest absolute Gasteiger partial charge is 0.0154 e. The van der Waals surface area contributed by atoms with E-state index in [9.17, 15) is 0 Å². The van der Waals surface area contributed by atoms with Gasteiger partial charge in [-0.1, -0.05) is 13.8 Å². The predicted molar refractivity (Wildman–Crippen MR) is 49.4 cm³/mol. The number of nitrogens with two attached hydrogens (primary N) is 1. The van der Waals surface area contributed by atoms with E-state index in [1.165, 1.54) is 25.7 Å². The van der Waals surface area contributed by atoms with Crippen molar-refractivity contribution in [1.29, 1.82) is 0 Å². The summed E-state index contributed by atoms with van der Waals surface area (Å²) < 4.78 is 0. The molecule has 1 aliphatic rings. The Morgan fingerprint density at radius 3 is 2.36 bits per heavy atom. The van der Waals surface area contributed by atoms with E-state index in [0.29, 0.717) is 0 Å². The number of hydrogen-bond donors (Lipinski definition) is 1. The second-order valence-electron chi connectivity index (χ2n) is 4.71. The molecule has 0 saturated heterocycles. The van der Waals surface area contributed by atoms with Crippen LogP contribution in [0.1, 0.15) is 46.5 Å². The standard InChI is InChI=1S/C10H21N/c1-8(2)6-7-10(3,11)9-4-5-9/h8-9H,4-7,11H2,1-3H3. The average Bonchev–Trinajstić information content (AvgIpc) is 2.64. The van der Waals surface area contributed by atoms with Crippen LogP contribution in [0.5, 0.6) is 0 Å². The summed E-state index contributed by atoms with van der Waals surface area (Å²) in [6, 6.07) is 0. The number of rotatable bonds is 4. The van der Waals surface area contributed by atoms with Crippen LogP contribution in [0.4, 0.5) is 0 Å². The van der Waals surface area contributed by atoms with Gasteiger partial charge in [-0.3, -0.25) is 0 Å². The van der Waals surface area contributed by atoms with Crippen molar-refractivity contribution >= 4 is 0 Å². The molecule has 1 heteroatoms. The van der Waals surface area contributed by atoms with Crippen LogP contribution in [0.25, 0.3) is 0 Å². The molecule has 0 amide bonds. The highest BCUT2D eigenvalue weighted by molar-refractivity contribution is 4.94. The summed E-state index contributed by atoms with van der Waals surface area (Å²) >= 11 is 0. The lowest BCUT2D eigenvalue weighted by atomic mass is 9.89. The zero-order chi connectivity index (χ0) is 8.48. The second kappa shape index (κ2) is 3.14. The minimum absolute atomic E-state index is 0.143. The molecule has 1 fully saturated rings. The highest BCUT2D eigenvalue weighted by Gasteiger charge is 2.37. The van der Waals surface area contributed by atoms with Gasteiger partial charge in [0.15, 0.2) is 0 Å². The Hall–Kier alpha value is -0.0400. The third-order valence-corrected chi connectivity index (χ3v) is 2.77. The van der Waals surface area contributed by atoms with Gasteiger partial charge in [-0.25, -0.2) is 0 Å². The molecule has 0 radical (unpaired) electrons. The fourth-order valence-corrected chi connectivity index (χ4v) is 1.55. The zero-order valence-electron chi connectivity index (χ0n) is 8.06. The van der Waals surface area contributed by atoms with E-state index in [2.05, 4.69) is 20.8 Å². The molecule has 1 rings (SSSR count). The average molecular weight is 155 g/mol. The fourth-order valence-electron chi connectivity index (χ4n) is 1.55. The molecule has 2 N–H and O–H groups in total. The number of hydrogen-bond acceptors (Lipinski definition) is 1. The maximum Gasteiger partial charge on any atom is 0.0154 e. The minimum atomic E-state index is 0.143. The lowest BCUT2D eigenvalue weighted by Gasteiger charge is -2.25. The van der Waals surface area contributed by atoms with Gasteiger partial charge in [0.1, 0.15) is 0 Å². The van der Waals surface area contributed by atoms with E-state index in [4.69, 9.17) is 5.73 Å². The van der Waals surface area contributed by atoms with Gasteiger partial charge in [-0.2, -0.15) is 0 Å². The molecular weight excluding hydrogens is 134 g/mol. The first kappa shape index (κ1) is 9.05. The van der Waals surface area contributed by atoms with E-state index in [0.717, 1.165) is 11.8 Å². The van der Waals surface area contributed by atoms with Gasteiger partial charge in [0.05, 0.1) is 0 Å². The van der Waals surface area contributed by atoms with Gasteiger partial charge < -0.3 is 5.73 Å². The zero-order valence-corrected chi connectivity index (χ0v) is 8.06. The third-order valence-electron chi connectivity index (χ3n) is 2.77. The normalized spacial score (nSPS) is 23.7. The molecule has 0 aromatic heterocycles. The van der Waals surface area contributed by atoms with Gasteiger partial charge in [0, 0.05) is 5.54 Å². The Morgan fingerprint density at radius 1 is 1.45 bits per heavy atom. The first-order chi connectivity index (χ1) is 5.02. The van der Waals surface area contributed by atoms with Crippen molar-refractivity contribution in [1.82, 2.24) is 0 Å². The van der Waals surface area contributed by atoms with Crippen LogP contribution in [-0.4, -0.2) is 5.54 Å². The Morgan fingerprint density at radius 2 is 2.00 bits per heavy atom. The van der Waals surface area contributed by atoms with Gasteiger partial charge >= 0.3 is 0 Å². The highest BCUT2D eigenvalue weighted by Crippen LogP contribution is 2.40. The monoisotopic (exact) mass is 155 g/mol. The predicted octanol–water partition coefficient (Wildman–Crippen LogP) is 2.55. The van der Waals surface area contributed by atoms with Crippen LogP contribution in [0.2, 0.25) is 0 Å². The first-order valence-electron chi connectivity index (χ1n) is 4.81. The molecule has 1 atom stereocenters. The van der Waals surface area contributed by atoms with Crippen molar-refractivity contribution in [2.45, 2.75) is 52.0 Å². The first-order valence-corrected chi connectivity index (χ1v) is 4.81. The molecule has 1 unspecified atom stereocenters. The largest absolute Gasteiger partial charge is 0.325 e. The summed E-state index contributed by atoms with van der Waals surface area (Å²) in [5.74, 6) is 1.64. The van der Waals surface area contributed by atoms with E-state index in [1.807, 2.05) is 0 Å². The molecule has 0 spiro atoms. The Bertz CT molecular complexity index is 123. The quantitative estimate of drug-likeness (QED) is 0.663. The molecule has 0 heterocycles. The summed E-state index contributed by atoms with van der Waals surface area (Å²) in [4.78, 5) is 0. The van der Waals surface area contributed by atoms with Gasteiger partial charge in [0.25, 0.3) is 0 Å². The third kappa shape index (κ3) is 2.82. The van der Waals surface area contributed by atoms with Gasteiger partial charge in [0.2, 0.25) is 0 Å². The molecule has 11 heavy (non-hydrogen) atoms. The molecule has 0 bridgehead atoms. The van der Waals surface area contributed by atoms with Crippen molar-refractivity contribution in [2.75, 3.05) is 0 Å². The van der Waals surface area contributed by atoms with Crippen molar-refractivity contribution in [3.8, 4) is 0 Å². The molecule has 1 saturated carbocycles. The fraction of sp³-hybridized carbons (Fsp3) is 1.00. The van der Waals surface area contributed by atoms with E-state index in [1.54, 1.807) is 0 Å². The van der Waals surface area contributed by atoms with Crippen molar-refractivity contribution in [3.63, 3.8) is 0 Å². The van der Waals surface area contributed by atoms with E-state index < -0.39 is 0 Å². The topological polar surface area (TPSA) is 26.0 Å². The van der Waals surface area contributed by atoms with Crippen LogP contribution in [-0.2, 0) is 0 Å². The maximum atomic E-state index is 6.17. The molecule has 66 valence electrons. The van der Waals surface area contributed by atoms with Crippen molar-refractivity contribution in [3.05, 3.63) is 0 Å². The summed E-state index contributed by atoms with van der Waals surface area (Å²) in [6.45, 7) is 6.75. The van der Waals surface area contributed by atoms with E-state index >= 15 is 0 Å². The molecular formula is C10H21N. The van der Waals surface area contributed by atoms with Crippen LogP contribution in [0.15, 0.2) is 0 Å². The van der Waals surface area contributed by atoms with Crippen LogP contribution >= 0.6 is 0 Å². The maximum absolute atomic E-state index is 6.17. The Labute approximate surface area is 70.4 Å². The lowest BCUT2D eigenvalue weighted by molar-refractivity contribution is 0.344. The molecule has 0 aliphatic heterocycles. The van der Waals surface area contributed by atoms with Crippen molar-refractivity contribution in [2.24, 2.45) is 17.6 Å². The molecule has 0 aromatic rings. The SMILES string of the molecule is CC(C)CCC(C)(N)C1CC1. The lowest BCUT2D eigenvalue weighted by Crippen LogP contribution is -2.38. The minimum Gasteiger partial charge on any atom is -0.325 e. The van der Waals surface area contributed by atoms with Crippen LogP contribution in [0, 0.1) is 11.8 Å². The highest BCUT2D eigenvalue weighted by atomic mass is 14.8. The van der Waals surface area contributed by atoms with Crippen LogP contribution in [0.3, 0.4) is 0 Å². The molecule has 1 aliphatic carbocycles. The summed E-state index contributed by atoms with van der Waals surface area (Å²) in [7, 11) is 0. The second-order valence-corrected chi connectivity index (χ2v) is 4.71. The Kier molecular flexibility index (Phi) is 2.58. The summed E-state index contributed by atoms with van der Waals surface area (Å²) in [5, 5.41) is 0. The van der Waals surface area contributed by atoms with E-state index in [-0.39, 0.29) is 5.54 Å². The summed E-state index contributed by atoms with van der Waals surface area (Å²) in [6.07, 6.45) is 5.22.